The number of hydrogen-bond donors (Lipinski definition) is 1. The normalized spacial score (nSPS) is 13.4. The second kappa shape index (κ2) is 25.0. The van der Waals surface area contributed by atoms with Crippen molar-refractivity contribution in [3.63, 3.8) is 0 Å². The zero-order chi connectivity index (χ0) is 20.9. The fraction of sp³-hybridized carbons (Fsp3) is 1.00. The number of rotatable bonds is 22. The summed E-state index contributed by atoms with van der Waals surface area (Å²) < 4.78 is 5.07. The van der Waals surface area contributed by atoms with Crippen LogP contribution in [-0.2, 0) is 4.74 Å². The molecule has 29 heavy (non-hydrogen) atoms. The van der Waals surface area contributed by atoms with E-state index in [1.165, 1.54) is 101 Å². The number of ether oxygens (including phenoxy) is 1. The molecule has 0 amide bonds. The van der Waals surface area contributed by atoms with Gasteiger partial charge in [0.2, 0.25) is 0 Å². The first-order valence-corrected chi connectivity index (χ1v) is 13.2. The Hall–Kier alpha value is 0.710. The molecule has 0 heterocycles. The average molecular weight is 499 g/mol. The molecule has 1 N–H and O–H groups in total. The summed E-state index contributed by atoms with van der Waals surface area (Å²) in [5.41, 5.74) is 0. The van der Waals surface area contributed by atoms with E-state index in [2.05, 4.69) is 23.6 Å². The molecule has 0 fully saturated rings. The summed E-state index contributed by atoms with van der Waals surface area (Å²) in [5.74, 6) is 2.48. The van der Waals surface area contributed by atoms with Crippen LogP contribution in [0.25, 0.3) is 0 Å². The molecular weight excluding hydrogens is 446 g/mol. The Labute approximate surface area is 197 Å². The minimum atomic E-state index is -0.675. The van der Waals surface area contributed by atoms with Crippen LogP contribution in [0.4, 0.5) is 0 Å². The number of methoxy groups -OCH3 is 1. The van der Waals surface area contributed by atoms with Crippen LogP contribution in [0.1, 0.15) is 110 Å². The zero-order valence-corrected chi connectivity index (χ0v) is 22.5. The molecule has 5 heteroatoms. The van der Waals surface area contributed by atoms with Gasteiger partial charge in [0.1, 0.15) is 0 Å². The summed E-state index contributed by atoms with van der Waals surface area (Å²) in [5, 5.41) is 9.86. The van der Waals surface area contributed by atoms with E-state index in [1.54, 1.807) is 7.11 Å². The summed E-state index contributed by atoms with van der Waals surface area (Å²) >= 11 is 2.07. The van der Waals surface area contributed by atoms with E-state index in [1.807, 2.05) is 14.1 Å². The Morgan fingerprint density at radius 2 is 1.14 bits per heavy atom. The smallest absolute Gasteiger partial charge is 0.169 e. The maximum atomic E-state index is 9.86. The summed E-state index contributed by atoms with van der Waals surface area (Å²) in [7, 11) is 5.59. The molecule has 2 atom stereocenters. The Kier molecular flexibility index (Phi) is 27.5. The van der Waals surface area contributed by atoms with Gasteiger partial charge >= 0.3 is 0 Å². The topological polar surface area (TPSA) is 32.7 Å². The minimum absolute atomic E-state index is 0. The molecule has 0 aromatic carbocycles. The molecule has 0 aliphatic carbocycles. The third-order valence-electron chi connectivity index (χ3n) is 5.66. The largest absolute Gasteiger partial charge is 0.367 e. The Morgan fingerprint density at radius 1 is 0.724 bits per heavy atom. The molecule has 2 unspecified atom stereocenters. The molecule has 0 radical (unpaired) electrons. The molecule has 3 nitrogen and oxygen atoms in total. The van der Waals surface area contributed by atoms with Crippen molar-refractivity contribution in [2.75, 3.05) is 32.7 Å². The molecule has 0 saturated heterocycles. The van der Waals surface area contributed by atoms with Gasteiger partial charge in [-0.05, 0) is 44.9 Å². The lowest BCUT2D eigenvalue weighted by Gasteiger charge is -2.27. The molecular formula is C24H52BrNO2S. The molecule has 0 bridgehead atoms. The predicted molar refractivity (Wildman–Crippen MR) is 138 cm³/mol. The molecule has 0 aliphatic heterocycles. The fourth-order valence-corrected chi connectivity index (χ4v) is 4.69. The van der Waals surface area contributed by atoms with Crippen LogP contribution in [0.15, 0.2) is 0 Å². The monoisotopic (exact) mass is 497 g/mol. The third-order valence-corrected chi connectivity index (χ3v) is 6.82. The molecule has 0 spiro atoms. The molecule has 178 valence electrons. The van der Waals surface area contributed by atoms with Gasteiger partial charge in [0.15, 0.2) is 6.29 Å². The van der Waals surface area contributed by atoms with Gasteiger partial charge in [-0.25, -0.2) is 0 Å². The van der Waals surface area contributed by atoms with E-state index in [9.17, 15) is 5.11 Å². The van der Waals surface area contributed by atoms with Crippen LogP contribution in [0, 0.1) is 0 Å². The highest BCUT2D eigenvalue weighted by Gasteiger charge is 2.20. The minimum Gasteiger partial charge on any atom is -0.367 e. The highest BCUT2D eigenvalue weighted by molar-refractivity contribution is 8.93. The quantitative estimate of drug-likeness (QED) is 0.124. The van der Waals surface area contributed by atoms with Crippen molar-refractivity contribution in [3.05, 3.63) is 0 Å². The maximum absolute atomic E-state index is 9.86. The molecule has 0 aromatic heterocycles. The van der Waals surface area contributed by atoms with E-state index >= 15 is 0 Å². The van der Waals surface area contributed by atoms with Crippen LogP contribution < -0.4 is 0 Å². The average Bonchev–Trinajstić information content (AvgIpc) is 2.69. The maximum Gasteiger partial charge on any atom is 0.169 e. The van der Waals surface area contributed by atoms with Gasteiger partial charge in [0.05, 0.1) is 6.04 Å². The van der Waals surface area contributed by atoms with Crippen LogP contribution in [-0.4, -0.2) is 55.0 Å². The Balaban J connectivity index is 0. The van der Waals surface area contributed by atoms with Crippen molar-refractivity contribution in [1.29, 1.82) is 0 Å². The molecule has 0 saturated carbocycles. The van der Waals surface area contributed by atoms with Gasteiger partial charge in [0.25, 0.3) is 0 Å². The van der Waals surface area contributed by atoms with Crippen molar-refractivity contribution < 1.29 is 9.84 Å². The van der Waals surface area contributed by atoms with E-state index in [4.69, 9.17) is 4.74 Å². The van der Waals surface area contributed by atoms with Crippen molar-refractivity contribution in [1.82, 2.24) is 4.90 Å². The first kappa shape index (κ1) is 31.9. The Morgan fingerprint density at radius 3 is 1.55 bits per heavy atom. The third kappa shape index (κ3) is 21.7. The van der Waals surface area contributed by atoms with Gasteiger partial charge in [-0.15, -0.1) is 17.0 Å². The number of aliphatic hydroxyl groups is 1. The van der Waals surface area contributed by atoms with E-state index in [0.29, 0.717) is 0 Å². The fourth-order valence-electron chi connectivity index (χ4n) is 3.71. The number of unbranched alkanes of at least 4 members (excludes halogenated alkanes) is 13. The lowest BCUT2D eigenvalue weighted by Crippen LogP contribution is -2.40. The van der Waals surface area contributed by atoms with Gasteiger partial charge in [0, 0.05) is 7.11 Å². The van der Waals surface area contributed by atoms with Gasteiger partial charge in [-0.3, -0.25) is 0 Å². The number of hydrogen-bond acceptors (Lipinski definition) is 4. The first-order valence-electron chi connectivity index (χ1n) is 12.1. The summed E-state index contributed by atoms with van der Waals surface area (Å²) in [6.07, 6.45) is 21.5. The van der Waals surface area contributed by atoms with Gasteiger partial charge in [-0.1, -0.05) is 90.4 Å². The molecule has 0 rings (SSSR count). The lowest BCUT2D eigenvalue weighted by atomic mass is 10.0. The van der Waals surface area contributed by atoms with Crippen molar-refractivity contribution in [2.45, 2.75) is 122 Å². The summed E-state index contributed by atoms with van der Waals surface area (Å²) in [6.45, 7) is 2.29. The Bertz CT molecular complexity index is 309. The molecule has 0 aromatic rings. The van der Waals surface area contributed by atoms with Gasteiger partial charge in [-0.2, -0.15) is 11.8 Å². The SMILES string of the molecule is Br.CCCCCCCCCCCCCCCCSCCCC(C(O)OC)N(C)C. The summed E-state index contributed by atoms with van der Waals surface area (Å²) in [4.78, 5) is 2.06. The van der Waals surface area contributed by atoms with Crippen molar-refractivity contribution >= 4 is 28.7 Å². The predicted octanol–water partition coefficient (Wildman–Crippen LogP) is 7.45. The van der Waals surface area contributed by atoms with E-state index in [-0.39, 0.29) is 23.0 Å². The van der Waals surface area contributed by atoms with Crippen LogP contribution in [0.3, 0.4) is 0 Å². The van der Waals surface area contributed by atoms with Crippen LogP contribution in [0.5, 0.6) is 0 Å². The standard InChI is InChI=1S/C24H51NO2S.BrH/c1-5-6-7-8-9-10-11-12-13-14-15-16-17-18-21-28-22-19-20-23(25(2)3)24(26)27-4;/h23-24,26H,5-22H2,1-4H3;1H. The lowest BCUT2D eigenvalue weighted by molar-refractivity contribution is -0.119. The highest BCUT2D eigenvalue weighted by Crippen LogP contribution is 2.16. The molecule has 0 aliphatic rings. The van der Waals surface area contributed by atoms with Crippen LogP contribution >= 0.6 is 28.7 Å². The van der Waals surface area contributed by atoms with E-state index in [0.717, 1.165) is 12.8 Å². The van der Waals surface area contributed by atoms with Crippen molar-refractivity contribution in [2.24, 2.45) is 0 Å². The highest BCUT2D eigenvalue weighted by atomic mass is 79.9. The number of thioether (sulfide) groups is 1. The number of aliphatic hydroxyl groups excluding tert-OH is 1. The number of likely N-dealkylation sites (N-methyl/N-ethyl adjacent to an activating group) is 1. The van der Waals surface area contributed by atoms with E-state index < -0.39 is 6.29 Å². The zero-order valence-electron chi connectivity index (χ0n) is 20.0. The summed E-state index contributed by atoms with van der Waals surface area (Å²) in [6, 6.07) is 0.103. The first-order chi connectivity index (χ1) is 13.6. The van der Waals surface area contributed by atoms with Crippen LogP contribution in [0.2, 0.25) is 0 Å². The number of halogens is 1. The van der Waals surface area contributed by atoms with Crippen molar-refractivity contribution in [3.8, 4) is 0 Å². The second-order valence-electron chi connectivity index (χ2n) is 8.51. The van der Waals surface area contributed by atoms with Gasteiger partial charge < -0.3 is 14.7 Å². The number of nitrogens with zero attached hydrogens (tertiary/aromatic N) is 1. The second-order valence-corrected chi connectivity index (χ2v) is 9.73.